The third kappa shape index (κ3) is 5.90. The van der Waals surface area contributed by atoms with Gasteiger partial charge in [0.25, 0.3) is 0 Å². The lowest BCUT2D eigenvalue weighted by Gasteiger charge is -2.21. The number of benzene rings is 2. The summed E-state index contributed by atoms with van der Waals surface area (Å²) in [5.74, 6) is 1.67. The van der Waals surface area contributed by atoms with Gasteiger partial charge in [0.2, 0.25) is 0 Å². The largest absolute Gasteiger partial charge is 0.493 e. The highest BCUT2D eigenvalue weighted by atomic mass is 16.5. The molecule has 1 aliphatic carbocycles. The van der Waals surface area contributed by atoms with Crippen molar-refractivity contribution >= 4 is 11.5 Å². The number of nitrogen functional groups attached to an aromatic ring is 1. The second kappa shape index (κ2) is 12.8. The maximum atomic E-state index is 13.5. The molecule has 192 valence electrons. The zero-order valence-electron chi connectivity index (χ0n) is 22.0. The van der Waals surface area contributed by atoms with E-state index in [1.807, 2.05) is 24.3 Å². The summed E-state index contributed by atoms with van der Waals surface area (Å²) in [6.07, 6.45) is 0.847. The number of nitrogens with two attached hydrogens (primary N) is 1. The zero-order valence-corrected chi connectivity index (χ0v) is 22.0. The van der Waals surface area contributed by atoms with Crippen molar-refractivity contribution in [3.63, 3.8) is 0 Å². The molecule has 0 amide bonds. The zero-order chi connectivity index (χ0) is 25.4. The fourth-order valence-electron chi connectivity index (χ4n) is 4.46. The van der Waals surface area contributed by atoms with E-state index in [2.05, 4.69) is 44.4 Å². The van der Waals surface area contributed by atoms with E-state index in [0.717, 1.165) is 51.3 Å². The van der Waals surface area contributed by atoms with Gasteiger partial charge in [-0.1, -0.05) is 46.8 Å². The fraction of sp³-hybridized carbons (Fsp3) is 0.536. The summed E-state index contributed by atoms with van der Waals surface area (Å²) in [6.45, 7) is 17.6. The van der Waals surface area contributed by atoms with E-state index < -0.39 is 0 Å². The Morgan fingerprint density at radius 3 is 1.86 bits per heavy atom. The Balaban J connectivity index is 1.97. The number of ketones is 1. The molecule has 2 aromatic carbocycles. The van der Waals surface area contributed by atoms with Crippen molar-refractivity contribution in [3.05, 3.63) is 35.4 Å². The van der Waals surface area contributed by atoms with Gasteiger partial charge in [0.1, 0.15) is 30.5 Å². The molecule has 0 saturated carbocycles. The molecular formula is C28H41N3O4. The SMILES string of the molecule is CCCOc1cc(OCCN(CC)CC)c(N)c2c1-c1c(OCCN(CC)CC)cccc1C2=O. The van der Waals surface area contributed by atoms with E-state index in [-0.39, 0.29) is 5.78 Å². The number of likely N-dealkylation sites (N-methyl/N-ethyl adjacent to an activating group) is 2. The first-order chi connectivity index (χ1) is 17.0. The molecule has 35 heavy (non-hydrogen) atoms. The molecule has 0 aromatic heterocycles. The van der Waals surface area contributed by atoms with Crippen LogP contribution in [0.1, 0.15) is 57.0 Å². The number of fused-ring (bicyclic) bond motifs is 3. The van der Waals surface area contributed by atoms with Crippen molar-refractivity contribution in [3.8, 4) is 28.4 Å². The molecule has 3 rings (SSSR count). The van der Waals surface area contributed by atoms with E-state index >= 15 is 0 Å². The highest BCUT2D eigenvalue weighted by Gasteiger charge is 2.36. The molecule has 0 aliphatic heterocycles. The molecule has 0 saturated heterocycles. The minimum atomic E-state index is -0.114. The molecule has 7 heteroatoms. The lowest BCUT2D eigenvalue weighted by Crippen LogP contribution is -2.28. The maximum absolute atomic E-state index is 13.5. The molecule has 0 heterocycles. The lowest BCUT2D eigenvalue weighted by molar-refractivity contribution is 0.104. The minimum absolute atomic E-state index is 0.114. The fourth-order valence-corrected chi connectivity index (χ4v) is 4.46. The number of ether oxygens (including phenoxy) is 3. The predicted octanol–water partition coefficient (Wildman–Crippen LogP) is 4.71. The number of rotatable bonds is 15. The van der Waals surface area contributed by atoms with Crippen molar-refractivity contribution in [2.75, 3.05) is 64.8 Å². The average Bonchev–Trinajstić information content (AvgIpc) is 3.18. The van der Waals surface area contributed by atoms with Crippen LogP contribution in [0.15, 0.2) is 24.3 Å². The molecule has 0 radical (unpaired) electrons. The van der Waals surface area contributed by atoms with Gasteiger partial charge in [-0.05, 0) is 38.7 Å². The van der Waals surface area contributed by atoms with E-state index in [9.17, 15) is 4.79 Å². The van der Waals surface area contributed by atoms with Crippen molar-refractivity contribution in [1.82, 2.24) is 9.80 Å². The predicted molar refractivity (Wildman–Crippen MR) is 142 cm³/mol. The van der Waals surface area contributed by atoms with E-state index in [1.54, 1.807) is 0 Å². The molecule has 0 bridgehead atoms. The Labute approximate surface area is 210 Å². The Morgan fingerprint density at radius 1 is 0.714 bits per heavy atom. The summed E-state index contributed by atoms with van der Waals surface area (Å²) in [7, 11) is 0. The Bertz CT molecular complexity index is 1000. The highest BCUT2D eigenvalue weighted by Crippen LogP contribution is 2.52. The molecule has 2 N–H and O–H groups in total. The first kappa shape index (κ1) is 26.8. The third-order valence-corrected chi connectivity index (χ3v) is 6.62. The Hall–Kier alpha value is -2.77. The van der Waals surface area contributed by atoms with Crippen LogP contribution in [0.2, 0.25) is 0 Å². The first-order valence-corrected chi connectivity index (χ1v) is 13.0. The minimum Gasteiger partial charge on any atom is -0.493 e. The van der Waals surface area contributed by atoms with Crippen LogP contribution in [0.5, 0.6) is 17.2 Å². The average molecular weight is 484 g/mol. The quantitative estimate of drug-likeness (QED) is 0.314. The Morgan fingerprint density at radius 2 is 1.29 bits per heavy atom. The monoisotopic (exact) mass is 483 g/mol. The number of carbonyl (C=O) groups is 1. The third-order valence-electron chi connectivity index (χ3n) is 6.62. The second-order valence-electron chi connectivity index (χ2n) is 8.64. The maximum Gasteiger partial charge on any atom is 0.196 e. The van der Waals surface area contributed by atoms with Crippen LogP contribution in [0.3, 0.4) is 0 Å². The van der Waals surface area contributed by atoms with Crippen LogP contribution >= 0.6 is 0 Å². The van der Waals surface area contributed by atoms with Crippen LogP contribution in [0.4, 0.5) is 5.69 Å². The van der Waals surface area contributed by atoms with Crippen LogP contribution < -0.4 is 19.9 Å². The van der Waals surface area contributed by atoms with Crippen LogP contribution in [-0.4, -0.2) is 74.7 Å². The molecule has 7 nitrogen and oxygen atoms in total. The Kier molecular flexibility index (Phi) is 9.81. The van der Waals surface area contributed by atoms with Crippen LogP contribution in [0, 0.1) is 0 Å². The number of hydrogen-bond donors (Lipinski definition) is 1. The summed E-state index contributed by atoms with van der Waals surface area (Å²) in [5.41, 5.74) is 9.43. The van der Waals surface area contributed by atoms with Crippen molar-refractivity contribution in [2.24, 2.45) is 0 Å². The molecular weight excluding hydrogens is 442 g/mol. The molecule has 0 spiro atoms. The molecule has 0 atom stereocenters. The van der Waals surface area contributed by atoms with Crippen molar-refractivity contribution < 1.29 is 19.0 Å². The van der Waals surface area contributed by atoms with Gasteiger partial charge in [-0.3, -0.25) is 4.79 Å². The molecule has 1 aliphatic rings. The topological polar surface area (TPSA) is 77.3 Å². The molecule has 0 fully saturated rings. The van der Waals surface area contributed by atoms with Gasteiger partial charge in [0.15, 0.2) is 5.78 Å². The lowest BCUT2D eigenvalue weighted by atomic mass is 10.0. The highest BCUT2D eigenvalue weighted by molar-refractivity contribution is 6.26. The smallest absolute Gasteiger partial charge is 0.196 e. The number of anilines is 1. The van der Waals surface area contributed by atoms with Gasteiger partial charge >= 0.3 is 0 Å². The van der Waals surface area contributed by atoms with Crippen LogP contribution in [-0.2, 0) is 0 Å². The summed E-state index contributed by atoms with van der Waals surface area (Å²) in [6, 6.07) is 7.44. The van der Waals surface area contributed by atoms with Gasteiger partial charge < -0.3 is 29.7 Å². The van der Waals surface area contributed by atoms with Crippen LogP contribution in [0.25, 0.3) is 11.1 Å². The summed E-state index contributed by atoms with van der Waals surface area (Å²) >= 11 is 0. The van der Waals surface area contributed by atoms with Gasteiger partial charge in [0, 0.05) is 35.8 Å². The van der Waals surface area contributed by atoms with E-state index in [0.29, 0.717) is 59.4 Å². The van der Waals surface area contributed by atoms with E-state index in [1.165, 1.54) is 0 Å². The summed E-state index contributed by atoms with van der Waals surface area (Å²) in [4.78, 5) is 18.1. The van der Waals surface area contributed by atoms with Gasteiger partial charge in [-0.2, -0.15) is 0 Å². The second-order valence-corrected chi connectivity index (χ2v) is 8.64. The van der Waals surface area contributed by atoms with Gasteiger partial charge in [-0.25, -0.2) is 0 Å². The summed E-state index contributed by atoms with van der Waals surface area (Å²) < 4.78 is 18.4. The van der Waals surface area contributed by atoms with Crippen molar-refractivity contribution in [2.45, 2.75) is 41.0 Å². The van der Waals surface area contributed by atoms with Gasteiger partial charge in [0.05, 0.1) is 17.9 Å². The van der Waals surface area contributed by atoms with Crippen molar-refractivity contribution in [1.29, 1.82) is 0 Å². The molecule has 0 unspecified atom stereocenters. The number of nitrogens with zero attached hydrogens (tertiary/aromatic N) is 2. The number of hydrogen-bond acceptors (Lipinski definition) is 7. The van der Waals surface area contributed by atoms with E-state index in [4.69, 9.17) is 19.9 Å². The summed E-state index contributed by atoms with van der Waals surface area (Å²) in [5, 5.41) is 0. The normalized spacial score (nSPS) is 12.3. The standard InChI is InChI=1S/C28H41N3O4/c1-6-16-33-22-19-23(35-18-15-31(9-4)10-5)27(29)26-25(22)24-20(28(26)32)12-11-13-21(24)34-17-14-30(7-2)8-3/h11-13,19H,6-10,14-18,29H2,1-5H3. The van der Waals surface area contributed by atoms with Gasteiger partial charge in [-0.15, -0.1) is 0 Å². The molecule has 2 aromatic rings. The number of carbonyl (C=O) groups excluding carboxylic acids is 1. The first-order valence-electron chi connectivity index (χ1n) is 13.0.